The van der Waals surface area contributed by atoms with Crippen molar-refractivity contribution in [1.29, 1.82) is 5.26 Å². The molecule has 0 heterocycles. The molecule has 0 aliphatic carbocycles. The molecule has 4 heteroatoms. The molecule has 0 aliphatic rings. The lowest BCUT2D eigenvalue weighted by Gasteiger charge is -2.07. The van der Waals surface area contributed by atoms with E-state index >= 15 is 0 Å². The van der Waals surface area contributed by atoms with Crippen LogP contribution >= 0.6 is 0 Å². The Morgan fingerprint density at radius 3 is 2.59 bits per heavy atom. The number of esters is 1. The average Bonchev–Trinajstić information content (AvgIpc) is 2.35. The van der Waals surface area contributed by atoms with E-state index in [4.69, 9.17) is 5.26 Å². The van der Waals surface area contributed by atoms with Gasteiger partial charge in [0.25, 0.3) is 0 Å². The van der Waals surface area contributed by atoms with Gasteiger partial charge in [-0.2, -0.15) is 5.26 Å². The molecular weight excluding hydrogens is 218 g/mol. The van der Waals surface area contributed by atoms with E-state index < -0.39 is 11.9 Å². The summed E-state index contributed by atoms with van der Waals surface area (Å²) < 4.78 is 4.46. The standard InChI is InChI=1S/C13H13NO3/c1-9-5-3-4-6-11(9)12(15)7-10(8-14)13(16)17-2/h3-6,10H,7H2,1-2H3/t10-/m1/s1. The Bertz CT molecular complexity index is 474. The SMILES string of the molecule is COC(=O)[C@@H](C#N)CC(=O)c1ccccc1C. The fourth-order valence-corrected chi connectivity index (χ4v) is 1.51. The summed E-state index contributed by atoms with van der Waals surface area (Å²) in [5.74, 6) is -1.93. The van der Waals surface area contributed by atoms with Crippen molar-refractivity contribution < 1.29 is 14.3 Å². The molecule has 88 valence electrons. The third kappa shape index (κ3) is 3.15. The number of ether oxygens (including phenoxy) is 1. The van der Waals surface area contributed by atoms with Crippen LogP contribution in [0.4, 0.5) is 0 Å². The quantitative estimate of drug-likeness (QED) is 0.586. The number of carbonyl (C=O) groups is 2. The van der Waals surface area contributed by atoms with Crippen molar-refractivity contribution in [1.82, 2.24) is 0 Å². The summed E-state index contributed by atoms with van der Waals surface area (Å²) in [5, 5.41) is 8.79. The minimum absolute atomic E-state index is 0.145. The van der Waals surface area contributed by atoms with Crippen molar-refractivity contribution in [2.75, 3.05) is 7.11 Å². The van der Waals surface area contributed by atoms with Crippen molar-refractivity contribution in [3.05, 3.63) is 35.4 Å². The van der Waals surface area contributed by atoms with Crippen LogP contribution in [0, 0.1) is 24.2 Å². The first kappa shape index (κ1) is 12.9. The summed E-state index contributed by atoms with van der Waals surface area (Å²) in [6, 6.07) is 8.85. The largest absolute Gasteiger partial charge is 0.468 e. The van der Waals surface area contributed by atoms with Gasteiger partial charge < -0.3 is 4.74 Å². The third-order valence-electron chi connectivity index (χ3n) is 2.48. The summed E-state index contributed by atoms with van der Waals surface area (Å²) >= 11 is 0. The molecule has 0 saturated carbocycles. The van der Waals surface area contributed by atoms with Gasteiger partial charge in [0.05, 0.1) is 13.2 Å². The number of rotatable bonds is 4. The smallest absolute Gasteiger partial charge is 0.323 e. The first-order valence-corrected chi connectivity index (χ1v) is 5.16. The molecule has 0 unspecified atom stereocenters. The van der Waals surface area contributed by atoms with Gasteiger partial charge in [-0.3, -0.25) is 9.59 Å². The van der Waals surface area contributed by atoms with Crippen LogP contribution in [0.15, 0.2) is 24.3 Å². The van der Waals surface area contributed by atoms with E-state index in [1.54, 1.807) is 18.2 Å². The van der Waals surface area contributed by atoms with Crippen LogP contribution < -0.4 is 0 Å². The minimum Gasteiger partial charge on any atom is -0.468 e. The number of ketones is 1. The van der Waals surface area contributed by atoms with E-state index in [1.807, 2.05) is 19.1 Å². The number of Topliss-reactive ketones (excluding diaryl/α,β-unsaturated/α-hetero) is 1. The zero-order valence-electron chi connectivity index (χ0n) is 9.77. The van der Waals surface area contributed by atoms with E-state index in [-0.39, 0.29) is 12.2 Å². The summed E-state index contributed by atoms with van der Waals surface area (Å²) in [4.78, 5) is 23.1. The molecule has 0 radical (unpaired) electrons. The van der Waals surface area contributed by atoms with Gasteiger partial charge in [-0.25, -0.2) is 0 Å². The lowest BCUT2D eigenvalue weighted by molar-refractivity contribution is -0.143. The molecule has 1 rings (SSSR count). The molecule has 0 aliphatic heterocycles. The molecule has 4 nitrogen and oxygen atoms in total. The fraction of sp³-hybridized carbons (Fsp3) is 0.308. The highest BCUT2D eigenvalue weighted by molar-refractivity contribution is 5.99. The predicted octanol–water partition coefficient (Wildman–Crippen LogP) is 1.88. The van der Waals surface area contributed by atoms with Crippen LogP contribution in [-0.2, 0) is 9.53 Å². The molecule has 1 aromatic carbocycles. The molecular formula is C13H13NO3. The Balaban J connectivity index is 2.83. The number of benzene rings is 1. The minimum atomic E-state index is -1.04. The number of nitrogens with zero attached hydrogens (tertiary/aromatic N) is 1. The molecule has 0 spiro atoms. The Hall–Kier alpha value is -2.15. The predicted molar refractivity (Wildman–Crippen MR) is 61.2 cm³/mol. The zero-order chi connectivity index (χ0) is 12.8. The highest BCUT2D eigenvalue weighted by atomic mass is 16.5. The highest BCUT2D eigenvalue weighted by Crippen LogP contribution is 2.14. The van der Waals surface area contributed by atoms with Crippen molar-refractivity contribution in [2.24, 2.45) is 5.92 Å². The van der Waals surface area contributed by atoms with Crippen LogP contribution in [0.3, 0.4) is 0 Å². The monoisotopic (exact) mass is 231 g/mol. The number of nitriles is 1. The molecule has 0 bridgehead atoms. The summed E-state index contributed by atoms with van der Waals surface area (Å²) in [6.07, 6.45) is -0.145. The molecule has 0 amide bonds. The molecule has 0 saturated heterocycles. The van der Waals surface area contributed by atoms with Crippen LogP contribution in [0.5, 0.6) is 0 Å². The number of aryl methyl sites for hydroxylation is 1. The lowest BCUT2D eigenvalue weighted by atomic mass is 9.96. The van der Waals surface area contributed by atoms with Crippen molar-refractivity contribution in [2.45, 2.75) is 13.3 Å². The van der Waals surface area contributed by atoms with E-state index in [0.717, 1.165) is 5.56 Å². The highest BCUT2D eigenvalue weighted by Gasteiger charge is 2.23. The maximum Gasteiger partial charge on any atom is 0.323 e. The average molecular weight is 231 g/mol. The molecule has 0 aromatic heterocycles. The molecule has 1 aromatic rings. The third-order valence-corrected chi connectivity index (χ3v) is 2.48. The number of methoxy groups -OCH3 is 1. The van der Waals surface area contributed by atoms with E-state index in [9.17, 15) is 9.59 Å². The van der Waals surface area contributed by atoms with Gasteiger partial charge in [-0.15, -0.1) is 0 Å². The molecule has 1 atom stereocenters. The lowest BCUT2D eigenvalue weighted by Crippen LogP contribution is -2.18. The van der Waals surface area contributed by atoms with Crippen LogP contribution in [-0.4, -0.2) is 18.9 Å². The number of hydrogen-bond donors (Lipinski definition) is 0. The topological polar surface area (TPSA) is 67.2 Å². The van der Waals surface area contributed by atoms with E-state index in [1.165, 1.54) is 7.11 Å². The van der Waals surface area contributed by atoms with Crippen molar-refractivity contribution >= 4 is 11.8 Å². The Labute approximate surface area is 99.8 Å². The Morgan fingerprint density at radius 2 is 2.06 bits per heavy atom. The summed E-state index contributed by atoms with van der Waals surface area (Å²) in [5.41, 5.74) is 1.37. The Morgan fingerprint density at radius 1 is 1.41 bits per heavy atom. The van der Waals surface area contributed by atoms with Gasteiger partial charge in [0, 0.05) is 12.0 Å². The summed E-state index contributed by atoms with van der Waals surface area (Å²) in [7, 11) is 1.20. The van der Waals surface area contributed by atoms with E-state index in [2.05, 4.69) is 4.74 Å². The van der Waals surface area contributed by atoms with Gasteiger partial charge >= 0.3 is 5.97 Å². The molecule has 0 N–H and O–H groups in total. The van der Waals surface area contributed by atoms with Gasteiger partial charge in [-0.1, -0.05) is 24.3 Å². The normalized spacial score (nSPS) is 11.4. The first-order valence-electron chi connectivity index (χ1n) is 5.16. The first-order chi connectivity index (χ1) is 8.10. The molecule has 0 fully saturated rings. The Kier molecular flexibility index (Phi) is 4.41. The number of hydrogen-bond acceptors (Lipinski definition) is 4. The summed E-state index contributed by atoms with van der Waals surface area (Å²) in [6.45, 7) is 1.81. The maximum absolute atomic E-state index is 11.9. The molecule has 17 heavy (non-hydrogen) atoms. The van der Waals surface area contributed by atoms with Crippen LogP contribution in [0.1, 0.15) is 22.3 Å². The fourth-order valence-electron chi connectivity index (χ4n) is 1.51. The van der Waals surface area contributed by atoms with Crippen molar-refractivity contribution in [3.8, 4) is 6.07 Å². The zero-order valence-corrected chi connectivity index (χ0v) is 9.77. The van der Waals surface area contributed by atoms with Gasteiger partial charge in [0.1, 0.15) is 0 Å². The van der Waals surface area contributed by atoms with Gasteiger partial charge in [0.15, 0.2) is 11.7 Å². The van der Waals surface area contributed by atoms with Crippen molar-refractivity contribution in [3.63, 3.8) is 0 Å². The maximum atomic E-state index is 11.9. The van der Waals surface area contributed by atoms with E-state index in [0.29, 0.717) is 5.56 Å². The second kappa shape index (κ2) is 5.80. The van der Waals surface area contributed by atoms with Gasteiger partial charge in [0.2, 0.25) is 0 Å². The van der Waals surface area contributed by atoms with Crippen LogP contribution in [0.25, 0.3) is 0 Å². The number of carbonyl (C=O) groups excluding carboxylic acids is 2. The second-order valence-corrected chi connectivity index (χ2v) is 3.65. The second-order valence-electron chi connectivity index (χ2n) is 3.65. The van der Waals surface area contributed by atoms with Crippen LogP contribution in [0.2, 0.25) is 0 Å². The van der Waals surface area contributed by atoms with Gasteiger partial charge in [-0.05, 0) is 12.5 Å².